The molecule has 13 rings (SSSR count). The molecule has 6 amide bonds. The second-order valence-electron chi connectivity index (χ2n) is 24.8. The molecule has 0 bridgehead atoms. The molecule has 2 saturated heterocycles. The first-order valence-electron chi connectivity index (χ1n) is 32.6. The summed E-state index contributed by atoms with van der Waals surface area (Å²) in [6.45, 7) is 13.8. The summed E-state index contributed by atoms with van der Waals surface area (Å²) in [5.74, 6) is -0.873. The van der Waals surface area contributed by atoms with Crippen molar-refractivity contribution in [2.75, 3.05) is 26.2 Å². The number of likely N-dealkylation sites (tertiary alicyclic amines) is 2. The maximum absolute atomic E-state index is 15.9. The molecule has 460 valence electrons. The van der Waals surface area contributed by atoms with E-state index in [9.17, 15) is 9.59 Å². The van der Waals surface area contributed by atoms with Crippen LogP contribution in [0.5, 0.6) is 46.0 Å². The van der Waals surface area contributed by atoms with E-state index in [2.05, 4.69) is 27.7 Å². The largest absolute Gasteiger partial charge is 0.457 e. The number of hydrogen-bond acceptors (Lipinski definition) is 10. The predicted molar refractivity (Wildman–Crippen MR) is 350 cm³/mol. The van der Waals surface area contributed by atoms with E-state index in [4.69, 9.17) is 18.9 Å². The number of hydrogen-bond donors (Lipinski definition) is 0. The van der Waals surface area contributed by atoms with Crippen LogP contribution in [0.3, 0.4) is 0 Å². The van der Waals surface area contributed by atoms with Crippen LogP contribution in [-0.4, -0.2) is 93.3 Å². The number of fused-ring (bicyclic) bond motifs is 2. The molecule has 2 fully saturated rings. The van der Waals surface area contributed by atoms with E-state index in [-0.39, 0.29) is 67.8 Å². The van der Waals surface area contributed by atoms with Gasteiger partial charge in [-0.25, -0.2) is 0 Å². The molecule has 90 heavy (non-hydrogen) atoms. The molecule has 14 nitrogen and oxygen atoms in total. The molecule has 0 radical (unpaired) electrons. The van der Waals surface area contributed by atoms with Crippen molar-refractivity contribution in [3.63, 3.8) is 0 Å². The maximum atomic E-state index is 15.9. The van der Waals surface area contributed by atoms with Crippen molar-refractivity contribution in [2.24, 2.45) is 0 Å². The predicted octanol–water partition coefficient (Wildman–Crippen LogP) is 16.7. The molecule has 9 aromatic rings. The standard InChI is InChI=1S/C76H76N4O10/c1-7-17-47-21-29-51(30-22-47)87-59-41-55-63-56(74(84)79(73(55)83)45(5)71(81)77-37-13-11-14-38-77)43-61(89-53-33-25-49(19-9-3)26-34-53)67-68-62(90-54-35-27-50(20-10-4)28-36-54)44-58-64-57(75(85)80(76(58)86)46(6)72(82)78-39-15-12-16-40-78)42-60(66(70(64)68)65(59)69(63)67)88-52-31-23-48(18-8-2)24-32-52/h21-36,41-46H,7-20,37-40H2,1-6H3. The Morgan fingerprint density at radius 1 is 0.344 bits per heavy atom. The third-order valence-corrected chi connectivity index (χ3v) is 18.5. The molecule has 4 aliphatic rings. The van der Waals surface area contributed by atoms with Gasteiger partial charge in [0.25, 0.3) is 23.6 Å². The summed E-state index contributed by atoms with van der Waals surface area (Å²) in [4.78, 5) is 98.4. The van der Waals surface area contributed by atoms with E-state index in [0.29, 0.717) is 81.5 Å². The lowest BCUT2D eigenvalue weighted by Crippen LogP contribution is -2.54. The molecule has 2 unspecified atom stereocenters. The van der Waals surface area contributed by atoms with Gasteiger partial charge in [0.2, 0.25) is 11.8 Å². The van der Waals surface area contributed by atoms with Crippen molar-refractivity contribution in [1.82, 2.24) is 19.6 Å². The molecule has 0 aliphatic carbocycles. The smallest absolute Gasteiger partial charge is 0.262 e. The Labute approximate surface area is 524 Å². The van der Waals surface area contributed by atoms with Crippen LogP contribution < -0.4 is 18.9 Å². The first-order chi connectivity index (χ1) is 43.8. The summed E-state index contributed by atoms with van der Waals surface area (Å²) in [5, 5.41) is 2.88. The number of aryl methyl sites for hydroxylation is 4. The quantitative estimate of drug-likeness (QED) is 0.0409. The van der Waals surface area contributed by atoms with Gasteiger partial charge in [-0.05, 0) is 173 Å². The van der Waals surface area contributed by atoms with Gasteiger partial charge < -0.3 is 28.7 Å². The number of carbonyl (C=O) groups is 6. The highest BCUT2D eigenvalue weighted by atomic mass is 16.5. The van der Waals surface area contributed by atoms with E-state index < -0.39 is 35.7 Å². The van der Waals surface area contributed by atoms with Gasteiger partial charge in [0.1, 0.15) is 58.1 Å². The van der Waals surface area contributed by atoms with Gasteiger partial charge in [-0.1, -0.05) is 102 Å². The lowest BCUT2D eigenvalue weighted by molar-refractivity contribution is -0.136. The van der Waals surface area contributed by atoms with Crippen LogP contribution >= 0.6 is 0 Å². The van der Waals surface area contributed by atoms with E-state index >= 15 is 19.2 Å². The summed E-state index contributed by atoms with van der Waals surface area (Å²) in [7, 11) is 0. The van der Waals surface area contributed by atoms with E-state index in [1.807, 2.05) is 97.1 Å². The number of benzene rings is 9. The second-order valence-corrected chi connectivity index (χ2v) is 24.8. The average Bonchev–Trinajstić information content (AvgIpc) is 0.674. The molecule has 14 heteroatoms. The highest BCUT2D eigenvalue weighted by Crippen LogP contribution is 2.58. The molecule has 9 aromatic carbocycles. The summed E-state index contributed by atoms with van der Waals surface area (Å²) in [6, 6.07) is 35.4. The zero-order chi connectivity index (χ0) is 62.5. The third kappa shape index (κ3) is 10.7. The van der Waals surface area contributed by atoms with E-state index in [1.54, 1.807) is 47.9 Å². The van der Waals surface area contributed by atoms with Gasteiger partial charge in [0.15, 0.2) is 0 Å². The first kappa shape index (κ1) is 59.7. The molecule has 0 spiro atoms. The van der Waals surface area contributed by atoms with E-state index in [0.717, 1.165) is 122 Å². The van der Waals surface area contributed by atoms with Crippen LogP contribution in [-0.2, 0) is 35.3 Å². The van der Waals surface area contributed by atoms with Crippen LogP contribution in [0, 0.1) is 0 Å². The van der Waals surface area contributed by atoms with Gasteiger partial charge in [-0.2, -0.15) is 0 Å². The van der Waals surface area contributed by atoms with Crippen molar-refractivity contribution in [1.29, 1.82) is 0 Å². The van der Waals surface area contributed by atoms with Gasteiger partial charge in [0.05, 0.1) is 22.3 Å². The lowest BCUT2D eigenvalue weighted by atomic mass is 9.80. The fraction of sp³-hybridized carbons (Fsp3) is 0.342. The minimum Gasteiger partial charge on any atom is -0.457 e. The minimum absolute atomic E-state index is 0.112. The third-order valence-electron chi connectivity index (χ3n) is 18.5. The summed E-state index contributed by atoms with van der Waals surface area (Å²) in [5.41, 5.74) is 4.86. The lowest BCUT2D eigenvalue weighted by Gasteiger charge is -2.37. The van der Waals surface area contributed by atoms with Gasteiger partial charge in [-0.15, -0.1) is 0 Å². The fourth-order valence-electron chi connectivity index (χ4n) is 14.1. The Bertz CT molecular complexity index is 3790. The number of amides is 6. The summed E-state index contributed by atoms with van der Waals surface area (Å²) < 4.78 is 28.9. The van der Waals surface area contributed by atoms with Crippen molar-refractivity contribution in [3.8, 4) is 46.0 Å². The Balaban J connectivity index is 1.18. The molecule has 2 atom stereocenters. The molecule has 0 saturated carbocycles. The molecular weight excluding hydrogens is 1130 g/mol. The average molecular weight is 1210 g/mol. The highest BCUT2D eigenvalue weighted by molar-refractivity contribution is 6.45. The van der Waals surface area contributed by atoms with Crippen molar-refractivity contribution >= 4 is 78.5 Å². The zero-order valence-electron chi connectivity index (χ0n) is 52.3. The van der Waals surface area contributed by atoms with Crippen LogP contribution in [0.1, 0.15) is 169 Å². The minimum atomic E-state index is -1.18. The van der Waals surface area contributed by atoms with Gasteiger partial charge in [0, 0.05) is 69.3 Å². The second kappa shape index (κ2) is 24.9. The van der Waals surface area contributed by atoms with Crippen molar-refractivity contribution in [2.45, 2.75) is 144 Å². The molecule has 0 N–H and O–H groups in total. The fourth-order valence-corrected chi connectivity index (χ4v) is 14.1. The van der Waals surface area contributed by atoms with Crippen LogP contribution in [0.15, 0.2) is 121 Å². The van der Waals surface area contributed by atoms with Crippen LogP contribution in [0.25, 0.3) is 43.1 Å². The van der Waals surface area contributed by atoms with Crippen molar-refractivity contribution < 1.29 is 47.7 Å². The maximum Gasteiger partial charge on any atom is 0.262 e. The Morgan fingerprint density at radius 2 is 0.578 bits per heavy atom. The molecule has 0 aromatic heterocycles. The summed E-state index contributed by atoms with van der Waals surface area (Å²) >= 11 is 0. The highest BCUT2D eigenvalue weighted by Gasteiger charge is 2.46. The Kier molecular flexibility index (Phi) is 16.5. The number of rotatable bonds is 20. The monoisotopic (exact) mass is 1200 g/mol. The van der Waals surface area contributed by atoms with Crippen molar-refractivity contribution in [3.05, 3.63) is 166 Å². The molecular formula is C76H76N4O10. The Hall–Kier alpha value is -9.30. The van der Waals surface area contributed by atoms with Gasteiger partial charge >= 0.3 is 0 Å². The summed E-state index contributed by atoms with van der Waals surface area (Å²) in [6.07, 6.45) is 12.3. The number of carbonyl (C=O) groups excluding carboxylic acids is 6. The number of nitrogens with zero attached hydrogens (tertiary/aromatic N) is 4. The number of imide groups is 2. The Morgan fingerprint density at radius 3 is 0.800 bits per heavy atom. The molecule has 4 heterocycles. The number of ether oxygens (including phenoxy) is 4. The topological polar surface area (TPSA) is 152 Å². The first-order valence-corrected chi connectivity index (χ1v) is 32.6. The number of piperidine rings is 2. The SMILES string of the molecule is CCCc1ccc(Oc2cc3c4c(cc(Oc5ccc(CCC)cc5)c5c6c(Oc7ccc(CCC)cc7)cc7c8c(cc(Oc9ccc(CCC)cc9)c(c2c45)c86)C(=O)N(C(C)C(=O)N2CCCCC2)C7=O)C(=O)N(C(C)C(=O)N2CCCCC2)C3=O)cc1. The van der Waals surface area contributed by atoms with Crippen LogP contribution in [0.2, 0.25) is 0 Å². The zero-order valence-corrected chi connectivity index (χ0v) is 52.3. The van der Waals surface area contributed by atoms with Crippen LogP contribution in [0.4, 0.5) is 0 Å². The van der Waals surface area contributed by atoms with E-state index in [1.165, 1.54) is 0 Å². The molecule has 4 aliphatic heterocycles. The van der Waals surface area contributed by atoms with Gasteiger partial charge in [-0.3, -0.25) is 38.6 Å². The normalized spacial score (nSPS) is 15.8.